The Morgan fingerprint density at radius 1 is 0.906 bits per heavy atom. The number of fused-ring (bicyclic) bond motifs is 3. The molecule has 0 saturated carbocycles. The Hall–Kier alpha value is -4.10. The van der Waals surface area contributed by atoms with Gasteiger partial charge in [0.1, 0.15) is 10.4 Å². The third-order valence-electron chi connectivity index (χ3n) is 5.41. The van der Waals surface area contributed by atoms with Gasteiger partial charge in [0.2, 0.25) is 0 Å². The Labute approximate surface area is 187 Å². The molecule has 0 spiro atoms. The number of nitrogens with zero attached hydrogens (tertiary/aromatic N) is 5. The Kier molecular flexibility index (Phi) is 4.22. The fourth-order valence-corrected chi connectivity index (χ4v) is 5.01. The highest BCUT2D eigenvalue weighted by atomic mass is 32.1. The zero-order valence-corrected chi connectivity index (χ0v) is 18.0. The highest BCUT2D eigenvalue weighted by Crippen LogP contribution is 2.37. The van der Waals surface area contributed by atoms with Gasteiger partial charge < -0.3 is 0 Å². The lowest BCUT2D eigenvalue weighted by molar-refractivity contribution is 0.889. The van der Waals surface area contributed by atoms with Gasteiger partial charge in [-0.2, -0.15) is 10.1 Å². The summed E-state index contributed by atoms with van der Waals surface area (Å²) in [6.07, 6.45) is 3.55. The molecule has 6 rings (SSSR count). The lowest BCUT2D eigenvalue weighted by Crippen LogP contribution is -2.10. The minimum atomic E-state index is -0.259. The van der Waals surface area contributed by atoms with Gasteiger partial charge in [0.25, 0.3) is 5.56 Å². The number of pyridine rings is 1. The van der Waals surface area contributed by atoms with Gasteiger partial charge in [-0.3, -0.25) is 14.2 Å². The molecule has 7 heteroatoms. The lowest BCUT2D eigenvalue weighted by Gasteiger charge is -2.08. The average molecular weight is 436 g/mol. The van der Waals surface area contributed by atoms with Crippen molar-refractivity contribution in [2.45, 2.75) is 6.92 Å². The number of rotatable bonds is 3. The van der Waals surface area contributed by atoms with E-state index in [9.17, 15) is 4.79 Å². The van der Waals surface area contributed by atoms with Gasteiger partial charge in [-0.05, 0) is 36.8 Å². The van der Waals surface area contributed by atoms with Crippen LogP contribution in [0.5, 0.6) is 0 Å². The fourth-order valence-electron chi connectivity index (χ4n) is 3.89. The molecule has 0 aliphatic carbocycles. The zero-order chi connectivity index (χ0) is 21.7. The summed E-state index contributed by atoms with van der Waals surface area (Å²) in [5.41, 5.74) is 6.20. The lowest BCUT2D eigenvalue weighted by atomic mass is 10.1. The van der Waals surface area contributed by atoms with Crippen molar-refractivity contribution in [2.75, 3.05) is 0 Å². The number of benzene rings is 2. The molecule has 2 aromatic carbocycles. The summed E-state index contributed by atoms with van der Waals surface area (Å²) in [7, 11) is 0. The van der Waals surface area contributed by atoms with Crippen molar-refractivity contribution in [1.82, 2.24) is 24.1 Å². The molecule has 0 saturated heterocycles. The number of aryl methyl sites for hydroxylation is 1. The topological polar surface area (TPSA) is 65.1 Å². The minimum absolute atomic E-state index is 0.259. The number of hydrogen-bond donors (Lipinski definition) is 0. The first kappa shape index (κ1) is 18.7. The van der Waals surface area contributed by atoms with E-state index in [1.165, 1.54) is 16.9 Å². The van der Waals surface area contributed by atoms with Crippen molar-refractivity contribution < 1.29 is 0 Å². The molecule has 154 valence electrons. The first-order valence-electron chi connectivity index (χ1n) is 10.2. The van der Waals surface area contributed by atoms with Gasteiger partial charge in [0.15, 0.2) is 10.6 Å². The van der Waals surface area contributed by atoms with Crippen molar-refractivity contribution in [3.8, 4) is 28.2 Å². The van der Waals surface area contributed by atoms with Crippen LogP contribution < -0.4 is 5.56 Å². The molecule has 0 fully saturated rings. The summed E-state index contributed by atoms with van der Waals surface area (Å²) in [6, 6.07) is 23.6. The highest BCUT2D eigenvalue weighted by molar-refractivity contribution is 7.24. The molecule has 0 aliphatic heterocycles. The summed E-state index contributed by atoms with van der Waals surface area (Å²) in [6.45, 7) is 2.06. The monoisotopic (exact) mass is 435 g/mol. The van der Waals surface area contributed by atoms with E-state index in [4.69, 9.17) is 5.10 Å². The summed E-state index contributed by atoms with van der Waals surface area (Å²) in [4.78, 5) is 21.7. The van der Waals surface area contributed by atoms with Crippen LogP contribution in [0.1, 0.15) is 5.56 Å². The smallest absolute Gasteiger partial charge is 0.268 e. The molecule has 0 radical (unpaired) electrons. The minimum Gasteiger partial charge on any atom is -0.268 e. The first-order valence-corrected chi connectivity index (χ1v) is 11.0. The molecule has 32 heavy (non-hydrogen) atoms. The summed E-state index contributed by atoms with van der Waals surface area (Å²) in [5.74, 6) is 0. The standard InChI is InChI=1S/C25H17N5OS/c1-16-9-11-19(12-10-16)30-24-23(22(28-30)18-8-5-13-26-15-18)32-25-27-21(31)14-20(29(24)25)17-6-3-2-4-7-17/h2-15H,1H3. The summed E-state index contributed by atoms with van der Waals surface area (Å²) >= 11 is 1.47. The van der Waals surface area contributed by atoms with Crippen LogP contribution in [-0.2, 0) is 0 Å². The maximum Gasteiger partial charge on any atom is 0.274 e. The molecule has 4 aromatic heterocycles. The number of hydrogen-bond acceptors (Lipinski definition) is 5. The van der Waals surface area contributed by atoms with Gasteiger partial charge in [-0.15, -0.1) is 0 Å². The average Bonchev–Trinajstić information content (AvgIpc) is 3.37. The molecule has 0 atom stereocenters. The predicted molar refractivity (Wildman–Crippen MR) is 127 cm³/mol. The van der Waals surface area contributed by atoms with E-state index in [0.29, 0.717) is 4.96 Å². The van der Waals surface area contributed by atoms with E-state index in [-0.39, 0.29) is 5.56 Å². The van der Waals surface area contributed by atoms with Gasteiger partial charge >= 0.3 is 0 Å². The van der Waals surface area contributed by atoms with Crippen LogP contribution in [0.2, 0.25) is 0 Å². The molecule has 0 aliphatic rings. The Morgan fingerprint density at radius 2 is 1.69 bits per heavy atom. The van der Waals surface area contributed by atoms with Crippen LogP contribution in [0.15, 0.2) is 90.0 Å². The summed E-state index contributed by atoms with van der Waals surface area (Å²) in [5, 5.41) is 4.99. The van der Waals surface area contributed by atoms with Crippen molar-refractivity contribution in [3.63, 3.8) is 0 Å². The Balaban J connectivity index is 1.78. The molecule has 4 heterocycles. The Bertz CT molecular complexity index is 1630. The van der Waals surface area contributed by atoms with Crippen molar-refractivity contribution in [1.29, 1.82) is 0 Å². The molecule has 0 N–H and O–H groups in total. The van der Waals surface area contributed by atoms with E-state index in [0.717, 1.165) is 38.5 Å². The van der Waals surface area contributed by atoms with Crippen LogP contribution in [0, 0.1) is 6.92 Å². The van der Waals surface area contributed by atoms with Crippen LogP contribution in [0.3, 0.4) is 0 Å². The van der Waals surface area contributed by atoms with Crippen LogP contribution in [0.25, 0.3) is 43.5 Å². The second-order valence-electron chi connectivity index (χ2n) is 7.56. The quantitative estimate of drug-likeness (QED) is 0.386. The summed E-state index contributed by atoms with van der Waals surface area (Å²) < 4.78 is 4.91. The van der Waals surface area contributed by atoms with Crippen LogP contribution in [0.4, 0.5) is 0 Å². The number of thiazole rings is 1. The van der Waals surface area contributed by atoms with Gasteiger partial charge in [0.05, 0.1) is 11.4 Å². The molecule has 6 aromatic rings. The Morgan fingerprint density at radius 3 is 2.44 bits per heavy atom. The van der Waals surface area contributed by atoms with E-state index < -0.39 is 0 Å². The maximum atomic E-state index is 12.5. The molecular formula is C25H17N5OS. The van der Waals surface area contributed by atoms with Gasteiger partial charge in [0, 0.05) is 24.0 Å². The van der Waals surface area contributed by atoms with E-state index in [1.54, 1.807) is 18.5 Å². The van der Waals surface area contributed by atoms with Gasteiger partial charge in [-0.1, -0.05) is 59.4 Å². The molecular weight excluding hydrogens is 418 g/mol. The molecule has 0 unspecified atom stereocenters. The third-order valence-corrected chi connectivity index (χ3v) is 6.44. The van der Waals surface area contributed by atoms with E-state index in [2.05, 4.69) is 41.2 Å². The SMILES string of the molecule is Cc1ccc(-n2nc(-c3cccnc3)c3sc4nc(=O)cc(-c5ccccc5)n4c32)cc1. The second-order valence-corrected chi connectivity index (χ2v) is 8.53. The number of aromatic nitrogens is 5. The third kappa shape index (κ3) is 2.94. The molecule has 0 amide bonds. The van der Waals surface area contributed by atoms with Gasteiger partial charge in [-0.25, -0.2) is 4.68 Å². The predicted octanol–water partition coefficient (Wildman–Crippen LogP) is 5.13. The normalized spacial score (nSPS) is 11.4. The molecule has 6 nitrogen and oxygen atoms in total. The zero-order valence-electron chi connectivity index (χ0n) is 17.1. The van der Waals surface area contributed by atoms with Crippen molar-refractivity contribution >= 4 is 26.6 Å². The maximum absolute atomic E-state index is 12.5. The van der Waals surface area contributed by atoms with Crippen molar-refractivity contribution in [2.24, 2.45) is 0 Å². The second kappa shape index (κ2) is 7.25. The highest BCUT2D eigenvalue weighted by Gasteiger charge is 2.22. The van der Waals surface area contributed by atoms with Crippen LogP contribution >= 0.6 is 11.3 Å². The molecule has 0 bridgehead atoms. The fraction of sp³-hybridized carbons (Fsp3) is 0.0400. The van der Waals surface area contributed by atoms with Crippen molar-refractivity contribution in [3.05, 3.63) is 101 Å². The van der Waals surface area contributed by atoms with E-state index in [1.807, 2.05) is 51.5 Å². The van der Waals surface area contributed by atoms with E-state index >= 15 is 0 Å². The first-order chi connectivity index (χ1) is 15.7. The van der Waals surface area contributed by atoms with Crippen LogP contribution in [-0.4, -0.2) is 24.1 Å². The largest absolute Gasteiger partial charge is 0.274 e.